The van der Waals surface area contributed by atoms with Crippen LogP contribution in [0.25, 0.3) is 6.08 Å². The van der Waals surface area contributed by atoms with Gasteiger partial charge in [-0.3, -0.25) is 0 Å². The molecule has 3 nitrogen and oxygen atoms in total. The van der Waals surface area contributed by atoms with Crippen LogP contribution in [0.1, 0.15) is 37.7 Å². The Kier molecular flexibility index (Phi) is 6.18. The van der Waals surface area contributed by atoms with E-state index in [0.717, 1.165) is 25.6 Å². The lowest BCUT2D eigenvalue weighted by molar-refractivity contribution is 0.200. The molecule has 19 heavy (non-hydrogen) atoms. The summed E-state index contributed by atoms with van der Waals surface area (Å²) in [6.07, 6.45) is 12.6. The Morgan fingerprint density at radius 2 is 2.26 bits per heavy atom. The van der Waals surface area contributed by atoms with Crippen LogP contribution in [0.15, 0.2) is 28.6 Å². The molecule has 0 amide bonds. The third-order valence-electron chi connectivity index (χ3n) is 3.84. The summed E-state index contributed by atoms with van der Waals surface area (Å²) in [6, 6.07) is 2.03. The highest BCUT2D eigenvalue weighted by Gasteiger charge is 2.17. The van der Waals surface area contributed by atoms with Crippen molar-refractivity contribution < 1.29 is 9.15 Å². The van der Waals surface area contributed by atoms with Crippen LogP contribution in [0.3, 0.4) is 0 Å². The number of rotatable bonds is 7. The smallest absolute Gasteiger partial charge is 0.0974 e. The van der Waals surface area contributed by atoms with Crippen LogP contribution in [-0.2, 0) is 4.74 Å². The van der Waals surface area contributed by atoms with Gasteiger partial charge in [-0.2, -0.15) is 0 Å². The Bertz CT molecular complexity index is 364. The fraction of sp³-hybridized carbons (Fsp3) is 0.625. The van der Waals surface area contributed by atoms with E-state index in [0.29, 0.717) is 0 Å². The third kappa shape index (κ3) is 4.84. The molecule has 1 aromatic heterocycles. The minimum atomic E-state index is 0.735. The molecule has 3 heteroatoms. The van der Waals surface area contributed by atoms with Gasteiger partial charge in [-0.1, -0.05) is 30.9 Å². The molecule has 1 heterocycles. The molecule has 0 aromatic carbocycles. The van der Waals surface area contributed by atoms with Crippen molar-refractivity contribution in [3.05, 3.63) is 29.7 Å². The fourth-order valence-electron chi connectivity index (χ4n) is 2.76. The Morgan fingerprint density at radius 1 is 1.42 bits per heavy atom. The monoisotopic (exact) mass is 263 g/mol. The van der Waals surface area contributed by atoms with E-state index in [2.05, 4.69) is 11.4 Å². The normalized spacial score (nSPS) is 17.8. The second kappa shape index (κ2) is 8.18. The van der Waals surface area contributed by atoms with E-state index in [-0.39, 0.29) is 0 Å². The van der Waals surface area contributed by atoms with Gasteiger partial charge in [0, 0.05) is 25.8 Å². The summed E-state index contributed by atoms with van der Waals surface area (Å²) >= 11 is 0. The molecule has 106 valence electrons. The summed E-state index contributed by atoms with van der Waals surface area (Å²) in [6.45, 7) is 2.63. The lowest BCUT2D eigenvalue weighted by Gasteiger charge is -2.25. The average Bonchev–Trinajstić information content (AvgIpc) is 2.96. The van der Waals surface area contributed by atoms with Gasteiger partial charge >= 0.3 is 0 Å². The number of methoxy groups -OCH3 is 1. The fourth-order valence-corrected chi connectivity index (χ4v) is 2.76. The Balaban J connectivity index is 1.95. The Labute approximate surface area is 116 Å². The first kappa shape index (κ1) is 14.4. The van der Waals surface area contributed by atoms with Crippen LogP contribution in [-0.4, -0.2) is 26.8 Å². The van der Waals surface area contributed by atoms with E-state index >= 15 is 0 Å². The lowest BCUT2D eigenvalue weighted by Crippen LogP contribution is -2.25. The van der Waals surface area contributed by atoms with Gasteiger partial charge in [-0.25, -0.2) is 0 Å². The summed E-state index contributed by atoms with van der Waals surface area (Å²) in [7, 11) is 1.74. The van der Waals surface area contributed by atoms with Crippen molar-refractivity contribution in [3.8, 4) is 0 Å². The van der Waals surface area contributed by atoms with Gasteiger partial charge in [0.25, 0.3) is 0 Å². The van der Waals surface area contributed by atoms with Crippen molar-refractivity contribution in [1.82, 2.24) is 5.32 Å². The number of nitrogens with one attached hydrogen (secondary N) is 1. The predicted molar refractivity (Wildman–Crippen MR) is 78.0 cm³/mol. The van der Waals surface area contributed by atoms with Crippen molar-refractivity contribution >= 4 is 6.08 Å². The molecule has 0 atom stereocenters. The van der Waals surface area contributed by atoms with Crippen LogP contribution in [0, 0.1) is 5.92 Å². The minimum Gasteiger partial charge on any atom is -0.472 e. The second-order valence-electron chi connectivity index (χ2n) is 5.28. The van der Waals surface area contributed by atoms with E-state index in [9.17, 15) is 0 Å². The van der Waals surface area contributed by atoms with E-state index in [1.807, 2.05) is 12.3 Å². The molecule has 2 rings (SSSR count). The molecule has 1 aliphatic rings. The maximum atomic E-state index is 5.16. The molecular weight excluding hydrogens is 238 g/mol. The summed E-state index contributed by atoms with van der Waals surface area (Å²) in [4.78, 5) is 0. The molecule has 1 fully saturated rings. The highest BCUT2D eigenvalue weighted by Crippen LogP contribution is 2.30. The van der Waals surface area contributed by atoms with Gasteiger partial charge in [0.05, 0.1) is 19.1 Å². The summed E-state index contributed by atoms with van der Waals surface area (Å²) < 4.78 is 10.2. The van der Waals surface area contributed by atoms with Gasteiger partial charge in [0.2, 0.25) is 0 Å². The first-order valence-corrected chi connectivity index (χ1v) is 7.32. The van der Waals surface area contributed by atoms with Crippen molar-refractivity contribution in [2.75, 3.05) is 26.8 Å². The SMILES string of the molecule is COCCNCC(=Cc1ccoc1)C1CCCCC1. The zero-order chi connectivity index (χ0) is 13.3. The molecule has 0 saturated heterocycles. The first-order chi connectivity index (χ1) is 9.40. The third-order valence-corrected chi connectivity index (χ3v) is 3.84. The number of hydrogen-bond donors (Lipinski definition) is 1. The highest BCUT2D eigenvalue weighted by molar-refractivity contribution is 5.52. The molecule has 0 aliphatic heterocycles. The van der Waals surface area contributed by atoms with E-state index in [1.54, 1.807) is 13.4 Å². The minimum absolute atomic E-state index is 0.735. The summed E-state index contributed by atoms with van der Waals surface area (Å²) in [5, 5.41) is 3.47. The standard InChI is InChI=1S/C16H25NO2/c1-18-10-8-17-12-16(11-14-7-9-19-13-14)15-5-3-2-4-6-15/h7,9,11,13,15,17H,2-6,8,10,12H2,1H3. The molecule has 0 radical (unpaired) electrons. The Morgan fingerprint density at radius 3 is 2.95 bits per heavy atom. The zero-order valence-electron chi connectivity index (χ0n) is 11.9. The molecule has 1 aliphatic carbocycles. The lowest BCUT2D eigenvalue weighted by atomic mass is 9.83. The quantitative estimate of drug-likeness (QED) is 0.765. The van der Waals surface area contributed by atoms with Gasteiger partial charge in [-0.05, 0) is 24.8 Å². The molecular formula is C16H25NO2. The van der Waals surface area contributed by atoms with Crippen LogP contribution >= 0.6 is 0 Å². The number of furan rings is 1. The highest BCUT2D eigenvalue weighted by atomic mass is 16.5. The van der Waals surface area contributed by atoms with E-state index in [1.165, 1.54) is 43.2 Å². The van der Waals surface area contributed by atoms with Crippen molar-refractivity contribution in [2.45, 2.75) is 32.1 Å². The van der Waals surface area contributed by atoms with Gasteiger partial charge < -0.3 is 14.5 Å². The Hall–Kier alpha value is -1.06. The maximum Gasteiger partial charge on any atom is 0.0974 e. The maximum absolute atomic E-state index is 5.16. The van der Waals surface area contributed by atoms with Gasteiger partial charge in [-0.15, -0.1) is 0 Å². The molecule has 1 N–H and O–H groups in total. The van der Waals surface area contributed by atoms with E-state index in [4.69, 9.17) is 9.15 Å². The second-order valence-corrected chi connectivity index (χ2v) is 5.28. The first-order valence-electron chi connectivity index (χ1n) is 7.32. The average molecular weight is 263 g/mol. The van der Waals surface area contributed by atoms with Gasteiger partial charge in [0.15, 0.2) is 0 Å². The van der Waals surface area contributed by atoms with Crippen LogP contribution < -0.4 is 5.32 Å². The van der Waals surface area contributed by atoms with E-state index < -0.39 is 0 Å². The molecule has 0 bridgehead atoms. The number of hydrogen-bond acceptors (Lipinski definition) is 3. The molecule has 0 spiro atoms. The molecule has 0 unspecified atom stereocenters. The molecule has 1 aromatic rings. The zero-order valence-corrected chi connectivity index (χ0v) is 11.9. The van der Waals surface area contributed by atoms with Crippen molar-refractivity contribution in [1.29, 1.82) is 0 Å². The largest absolute Gasteiger partial charge is 0.472 e. The van der Waals surface area contributed by atoms with Crippen molar-refractivity contribution in [3.63, 3.8) is 0 Å². The van der Waals surface area contributed by atoms with Crippen LogP contribution in [0.4, 0.5) is 0 Å². The molecule has 1 saturated carbocycles. The number of ether oxygens (including phenoxy) is 1. The summed E-state index contributed by atoms with van der Waals surface area (Å²) in [5.41, 5.74) is 2.69. The predicted octanol–water partition coefficient (Wildman–Crippen LogP) is 3.48. The van der Waals surface area contributed by atoms with Crippen LogP contribution in [0.5, 0.6) is 0 Å². The van der Waals surface area contributed by atoms with Gasteiger partial charge in [0.1, 0.15) is 0 Å². The topological polar surface area (TPSA) is 34.4 Å². The summed E-state index contributed by atoms with van der Waals surface area (Å²) in [5.74, 6) is 0.735. The van der Waals surface area contributed by atoms with Crippen molar-refractivity contribution in [2.24, 2.45) is 5.92 Å². The van der Waals surface area contributed by atoms with Crippen LogP contribution in [0.2, 0.25) is 0 Å².